The maximum Gasteiger partial charge on any atom is 0.283 e. The van der Waals surface area contributed by atoms with Gasteiger partial charge in [-0.25, -0.2) is 27.2 Å². The Kier molecular flexibility index (Phi) is 8.39. The number of halogens is 1. The predicted molar refractivity (Wildman–Crippen MR) is 152 cm³/mol. The van der Waals surface area contributed by atoms with E-state index in [1.807, 2.05) is 0 Å². The highest BCUT2D eigenvalue weighted by Crippen LogP contribution is 2.42. The number of nitrogens with zero attached hydrogens (tertiary/aromatic N) is 5. The third-order valence-corrected chi connectivity index (χ3v) is 8.78. The van der Waals surface area contributed by atoms with Crippen LogP contribution in [0.4, 0.5) is 10.1 Å². The molecule has 2 aliphatic rings. The minimum absolute atomic E-state index is 0.0171. The quantitative estimate of drug-likeness (QED) is 0.394. The Morgan fingerprint density at radius 1 is 1.15 bits per heavy atom. The zero-order chi connectivity index (χ0) is 28.4. The number of rotatable bonds is 10. The lowest BCUT2D eigenvalue weighted by Crippen LogP contribution is -2.47. The van der Waals surface area contributed by atoms with Gasteiger partial charge in [-0.1, -0.05) is 20.3 Å². The molecule has 3 heterocycles. The van der Waals surface area contributed by atoms with Crippen molar-refractivity contribution in [3.63, 3.8) is 0 Å². The number of carbonyl (C=O) groups excluding carboxylic acids is 1. The number of aromatic nitrogens is 3. The number of fused-ring (bicyclic) bond motifs is 1. The van der Waals surface area contributed by atoms with E-state index in [4.69, 9.17) is 9.84 Å². The molecule has 12 heteroatoms. The van der Waals surface area contributed by atoms with Gasteiger partial charge in [-0.2, -0.15) is 5.10 Å². The summed E-state index contributed by atoms with van der Waals surface area (Å²) in [6.45, 7) is 8.65. The Morgan fingerprint density at radius 2 is 1.85 bits per heavy atom. The number of nitrogens with one attached hydrogen (secondary N) is 1. The smallest absolute Gasteiger partial charge is 0.283 e. The lowest BCUT2D eigenvalue weighted by Gasteiger charge is -2.37. The van der Waals surface area contributed by atoms with Crippen LogP contribution in [0.3, 0.4) is 0 Å². The van der Waals surface area contributed by atoms with Gasteiger partial charge in [-0.15, -0.1) is 0 Å². The maximum atomic E-state index is 13.8. The molecular weight excluding hydrogens is 535 g/mol. The molecule has 0 spiro atoms. The molecule has 1 N–H and O–H groups in total. The van der Waals surface area contributed by atoms with Gasteiger partial charge in [-0.3, -0.25) is 9.69 Å². The van der Waals surface area contributed by atoms with E-state index in [9.17, 15) is 17.6 Å². The predicted octanol–water partition coefficient (Wildman–Crippen LogP) is 3.31. The third-order valence-electron chi connectivity index (χ3n) is 7.58. The van der Waals surface area contributed by atoms with E-state index in [0.717, 1.165) is 68.8 Å². The van der Waals surface area contributed by atoms with Crippen molar-refractivity contribution < 1.29 is 22.3 Å². The first-order chi connectivity index (χ1) is 19.1. The molecule has 0 radical (unpaired) electrons. The topological polar surface area (TPSA) is 110 Å². The molecule has 1 aromatic carbocycles. The van der Waals surface area contributed by atoms with Crippen LogP contribution < -0.4 is 9.62 Å². The van der Waals surface area contributed by atoms with Crippen LogP contribution in [0.5, 0.6) is 0 Å². The van der Waals surface area contributed by atoms with Crippen LogP contribution in [0.2, 0.25) is 0 Å². The highest BCUT2D eigenvalue weighted by atomic mass is 32.2. The second kappa shape index (κ2) is 11.8. The summed E-state index contributed by atoms with van der Waals surface area (Å²) in [5, 5.41) is 5.83. The number of sulfonamides is 1. The van der Waals surface area contributed by atoms with Crippen molar-refractivity contribution in [3.05, 3.63) is 47.5 Å². The summed E-state index contributed by atoms with van der Waals surface area (Å²) in [6.07, 6.45) is 3.14. The fraction of sp³-hybridized carbons (Fsp3) is 0.536. The van der Waals surface area contributed by atoms with E-state index in [1.54, 1.807) is 22.9 Å². The standard InChI is InChI=1S/C28H37FN6O4S/c1-19(2)18-33-11-13-34(14-12-33)24-17-23(28(36)32-40(37,38)16-15-39-3)30-27-25(24)26(20-5-4-6-20)31-35(27)22-9-7-21(29)8-10-22/h7-10,17,19-20H,4-6,11-16,18H2,1-3H3,(H,32,36). The van der Waals surface area contributed by atoms with Gasteiger partial charge in [0.15, 0.2) is 5.65 Å². The van der Waals surface area contributed by atoms with Crippen LogP contribution in [0.25, 0.3) is 16.7 Å². The average Bonchev–Trinajstić information content (AvgIpc) is 3.25. The number of hydrogen-bond acceptors (Lipinski definition) is 8. The van der Waals surface area contributed by atoms with E-state index >= 15 is 0 Å². The van der Waals surface area contributed by atoms with E-state index in [0.29, 0.717) is 17.3 Å². The van der Waals surface area contributed by atoms with Crippen LogP contribution in [0.1, 0.15) is 55.2 Å². The van der Waals surface area contributed by atoms with E-state index in [2.05, 4.69) is 33.4 Å². The molecule has 40 heavy (non-hydrogen) atoms. The zero-order valence-electron chi connectivity index (χ0n) is 23.3. The van der Waals surface area contributed by atoms with E-state index in [1.165, 1.54) is 19.2 Å². The van der Waals surface area contributed by atoms with Gasteiger partial charge in [0.2, 0.25) is 10.0 Å². The molecule has 216 valence electrons. The molecule has 3 aromatic rings. The Hall–Kier alpha value is -3.09. The van der Waals surface area contributed by atoms with Crippen LogP contribution in [0.15, 0.2) is 30.3 Å². The summed E-state index contributed by atoms with van der Waals surface area (Å²) in [6, 6.07) is 7.67. The molecule has 1 amide bonds. The first-order valence-corrected chi connectivity index (χ1v) is 15.5. The van der Waals surface area contributed by atoms with Crippen LogP contribution in [-0.4, -0.2) is 86.2 Å². The molecular formula is C28H37FN6O4S. The number of hydrogen-bond donors (Lipinski definition) is 1. The normalized spacial score (nSPS) is 17.0. The van der Waals surface area contributed by atoms with E-state index < -0.39 is 15.9 Å². The molecule has 5 rings (SSSR count). The van der Waals surface area contributed by atoms with Gasteiger partial charge in [-0.05, 0) is 49.1 Å². The highest BCUT2D eigenvalue weighted by Gasteiger charge is 2.31. The number of amides is 1. The largest absolute Gasteiger partial charge is 0.384 e. The van der Waals surface area contributed by atoms with Crippen molar-refractivity contribution >= 4 is 32.7 Å². The highest BCUT2D eigenvalue weighted by molar-refractivity contribution is 7.90. The average molecular weight is 573 g/mol. The van der Waals surface area contributed by atoms with Gasteiger partial charge in [0.1, 0.15) is 11.5 Å². The fourth-order valence-corrected chi connectivity index (χ4v) is 6.22. The molecule has 1 saturated carbocycles. The number of pyridine rings is 1. The Bertz CT molecular complexity index is 1460. The lowest BCUT2D eigenvalue weighted by molar-refractivity contribution is 0.0976. The number of anilines is 1. The summed E-state index contributed by atoms with van der Waals surface area (Å²) in [5.74, 6) is -0.695. The molecule has 1 aliphatic heterocycles. The van der Waals surface area contributed by atoms with Crippen molar-refractivity contribution in [2.24, 2.45) is 5.92 Å². The number of piperazine rings is 1. The molecule has 1 saturated heterocycles. The van der Waals surface area contributed by atoms with Gasteiger partial charge in [0, 0.05) is 45.8 Å². The maximum absolute atomic E-state index is 13.8. The van der Waals surface area contributed by atoms with Crippen molar-refractivity contribution in [2.45, 2.75) is 39.0 Å². The number of carbonyl (C=O) groups is 1. The Balaban J connectivity index is 1.62. The first-order valence-electron chi connectivity index (χ1n) is 13.9. The second-order valence-corrected chi connectivity index (χ2v) is 12.9. The zero-order valence-corrected chi connectivity index (χ0v) is 24.1. The molecule has 2 aromatic heterocycles. The third kappa shape index (κ3) is 6.13. The fourth-order valence-electron chi connectivity index (χ4n) is 5.34. The van der Waals surface area contributed by atoms with Crippen LogP contribution in [-0.2, 0) is 14.8 Å². The SMILES string of the molecule is COCCS(=O)(=O)NC(=O)c1cc(N2CCN(CC(C)C)CC2)c2c(C3CCC3)nn(-c3ccc(F)cc3)c2n1. The summed E-state index contributed by atoms with van der Waals surface area (Å²) < 4.78 is 47.4. The van der Waals surface area contributed by atoms with E-state index in [-0.39, 0.29) is 29.8 Å². The first kappa shape index (κ1) is 28.4. The summed E-state index contributed by atoms with van der Waals surface area (Å²) in [7, 11) is -2.52. The van der Waals surface area contributed by atoms with Crippen molar-refractivity contribution in [2.75, 3.05) is 57.1 Å². The Morgan fingerprint density at radius 3 is 2.45 bits per heavy atom. The minimum atomic E-state index is -3.92. The molecule has 0 bridgehead atoms. The van der Waals surface area contributed by atoms with Gasteiger partial charge >= 0.3 is 0 Å². The summed E-state index contributed by atoms with van der Waals surface area (Å²) >= 11 is 0. The Labute approximate surface area is 234 Å². The van der Waals surface area contributed by atoms with Gasteiger partial charge < -0.3 is 9.64 Å². The number of ether oxygens (including phenoxy) is 1. The molecule has 10 nitrogen and oxygen atoms in total. The molecule has 1 aliphatic carbocycles. The molecule has 0 unspecified atom stereocenters. The van der Waals surface area contributed by atoms with Gasteiger partial charge in [0.25, 0.3) is 5.91 Å². The van der Waals surface area contributed by atoms with Crippen LogP contribution in [0, 0.1) is 11.7 Å². The second-order valence-electron chi connectivity index (χ2n) is 11.1. The molecule has 0 atom stereocenters. The number of methoxy groups -OCH3 is 1. The summed E-state index contributed by atoms with van der Waals surface area (Å²) in [4.78, 5) is 22.6. The molecule has 2 fully saturated rings. The lowest BCUT2D eigenvalue weighted by atomic mass is 9.82. The van der Waals surface area contributed by atoms with Gasteiger partial charge in [0.05, 0.1) is 34.8 Å². The van der Waals surface area contributed by atoms with Crippen molar-refractivity contribution in [3.8, 4) is 5.69 Å². The number of benzene rings is 1. The van der Waals surface area contributed by atoms with Crippen LogP contribution >= 0.6 is 0 Å². The van der Waals surface area contributed by atoms with Crippen molar-refractivity contribution in [1.29, 1.82) is 0 Å². The summed E-state index contributed by atoms with van der Waals surface area (Å²) in [5.41, 5.74) is 2.79. The minimum Gasteiger partial charge on any atom is -0.384 e. The van der Waals surface area contributed by atoms with Crippen molar-refractivity contribution in [1.82, 2.24) is 24.4 Å². The monoisotopic (exact) mass is 572 g/mol.